The van der Waals surface area contributed by atoms with Crippen molar-refractivity contribution in [1.82, 2.24) is 9.80 Å². The van der Waals surface area contributed by atoms with Crippen LogP contribution in [-0.4, -0.2) is 56.7 Å². The second kappa shape index (κ2) is 8.51. The molecule has 4 nitrogen and oxygen atoms in total. The summed E-state index contributed by atoms with van der Waals surface area (Å²) >= 11 is 0. The highest BCUT2D eigenvalue weighted by Crippen LogP contribution is 2.27. The van der Waals surface area contributed by atoms with E-state index in [9.17, 15) is 0 Å². The molecule has 0 aliphatic carbocycles. The summed E-state index contributed by atoms with van der Waals surface area (Å²) in [5, 5.41) is 0. The molecule has 0 bridgehead atoms. The van der Waals surface area contributed by atoms with Crippen molar-refractivity contribution in [2.24, 2.45) is 11.7 Å². The van der Waals surface area contributed by atoms with Crippen LogP contribution in [-0.2, 0) is 0 Å². The third kappa shape index (κ3) is 4.97. The van der Waals surface area contributed by atoms with E-state index in [-0.39, 0.29) is 0 Å². The van der Waals surface area contributed by atoms with Crippen molar-refractivity contribution in [3.05, 3.63) is 29.8 Å². The second-order valence-corrected chi connectivity index (χ2v) is 6.71. The molecule has 0 saturated carbocycles. The van der Waals surface area contributed by atoms with E-state index in [0.29, 0.717) is 12.6 Å². The molecule has 1 aromatic carbocycles. The number of benzene rings is 1. The van der Waals surface area contributed by atoms with Crippen molar-refractivity contribution in [1.29, 1.82) is 0 Å². The van der Waals surface area contributed by atoms with Gasteiger partial charge in [0.25, 0.3) is 0 Å². The number of nitrogens with zero attached hydrogens (tertiary/aromatic N) is 2. The summed E-state index contributed by atoms with van der Waals surface area (Å²) in [6, 6.07) is 8.81. The maximum atomic E-state index is 6.05. The van der Waals surface area contributed by atoms with Crippen molar-refractivity contribution >= 4 is 0 Å². The lowest BCUT2D eigenvalue weighted by molar-refractivity contribution is 0.133. The number of piperidine rings is 1. The van der Waals surface area contributed by atoms with Gasteiger partial charge in [-0.15, -0.1) is 0 Å². The first-order valence-corrected chi connectivity index (χ1v) is 8.41. The summed E-state index contributed by atoms with van der Waals surface area (Å²) in [6.07, 6.45) is 2.62. The average Bonchev–Trinajstić information content (AvgIpc) is 2.49. The fraction of sp³-hybridized carbons (Fsp3) is 0.667. The molecule has 0 aromatic heterocycles. The fourth-order valence-corrected chi connectivity index (χ4v) is 3.14. The molecule has 1 heterocycles. The Balaban J connectivity index is 1.95. The standard InChI is InChI=1S/C18H31N3O/c1-15-5-4-10-21(14-15)18(13-19)16-6-8-17(9-7-16)22-12-11-20(2)3/h6-9,15,18H,4-5,10-14,19H2,1-3H3. The highest BCUT2D eigenvalue weighted by Gasteiger charge is 2.24. The number of likely N-dealkylation sites (N-methyl/N-ethyl adjacent to an activating group) is 1. The van der Waals surface area contributed by atoms with Crippen LogP contribution < -0.4 is 10.5 Å². The lowest BCUT2D eigenvalue weighted by Crippen LogP contribution is -2.40. The van der Waals surface area contributed by atoms with Gasteiger partial charge in [-0.3, -0.25) is 4.90 Å². The quantitative estimate of drug-likeness (QED) is 0.840. The zero-order chi connectivity index (χ0) is 15.9. The molecular formula is C18H31N3O. The van der Waals surface area contributed by atoms with E-state index in [0.717, 1.165) is 37.9 Å². The summed E-state index contributed by atoms with van der Waals surface area (Å²) in [5.74, 6) is 1.71. The summed E-state index contributed by atoms with van der Waals surface area (Å²) in [7, 11) is 4.11. The number of rotatable bonds is 7. The van der Waals surface area contributed by atoms with Crippen LogP contribution in [0.2, 0.25) is 0 Å². The third-order valence-corrected chi connectivity index (χ3v) is 4.42. The molecule has 1 saturated heterocycles. The molecule has 1 aromatic rings. The molecule has 2 rings (SSSR count). The average molecular weight is 305 g/mol. The molecule has 1 fully saturated rings. The monoisotopic (exact) mass is 305 g/mol. The predicted octanol–water partition coefficient (Wildman–Crippen LogP) is 2.36. The van der Waals surface area contributed by atoms with Crippen molar-refractivity contribution in [3.8, 4) is 5.75 Å². The maximum Gasteiger partial charge on any atom is 0.119 e. The van der Waals surface area contributed by atoms with Gasteiger partial charge in [-0.1, -0.05) is 19.1 Å². The van der Waals surface area contributed by atoms with Crippen molar-refractivity contribution < 1.29 is 4.74 Å². The minimum atomic E-state index is 0.332. The van der Waals surface area contributed by atoms with E-state index in [1.807, 2.05) is 0 Å². The first-order chi connectivity index (χ1) is 10.6. The van der Waals surface area contributed by atoms with Crippen LogP contribution in [0.3, 0.4) is 0 Å². The number of hydrogen-bond acceptors (Lipinski definition) is 4. The van der Waals surface area contributed by atoms with Crippen LogP contribution in [0.5, 0.6) is 5.75 Å². The smallest absolute Gasteiger partial charge is 0.119 e. The first-order valence-electron chi connectivity index (χ1n) is 8.41. The molecule has 1 aliphatic rings. The van der Waals surface area contributed by atoms with E-state index in [1.54, 1.807) is 0 Å². The third-order valence-electron chi connectivity index (χ3n) is 4.42. The van der Waals surface area contributed by atoms with Gasteiger partial charge in [0.1, 0.15) is 12.4 Å². The van der Waals surface area contributed by atoms with Crippen LogP contribution in [0, 0.1) is 5.92 Å². The van der Waals surface area contributed by atoms with Gasteiger partial charge in [0.15, 0.2) is 0 Å². The molecule has 2 N–H and O–H groups in total. The van der Waals surface area contributed by atoms with Gasteiger partial charge in [0.05, 0.1) is 0 Å². The number of ether oxygens (including phenoxy) is 1. The fourth-order valence-electron chi connectivity index (χ4n) is 3.14. The highest BCUT2D eigenvalue weighted by atomic mass is 16.5. The van der Waals surface area contributed by atoms with Gasteiger partial charge in [-0.25, -0.2) is 0 Å². The van der Waals surface area contributed by atoms with Crippen LogP contribution in [0.1, 0.15) is 31.4 Å². The van der Waals surface area contributed by atoms with Gasteiger partial charge >= 0.3 is 0 Å². The molecular weight excluding hydrogens is 274 g/mol. The van der Waals surface area contributed by atoms with Gasteiger partial charge in [0.2, 0.25) is 0 Å². The second-order valence-electron chi connectivity index (χ2n) is 6.71. The summed E-state index contributed by atoms with van der Waals surface area (Å²) in [4.78, 5) is 4.66. The topological polar surface area (TPSA) is 41.7 Å². The van der Waals surface area contributed by atoms with Crippen LogP contribution in [0.15, 0.2) is 24.3 Å². The summed E-state index contributed by atoms with van der Waals surface area (Å²) < 4.78 is 5.76. The molecule has 2 unspecified atom stereocenters. The largest absolute Gasteiger partial charge is 0.492 e. The van der Waals surface area contributed by atoms with Gasteiger partial charge in [-0.2, -0.15) is 0 Å². The lowest BCUT2D eigenvalue weighted by Gasteiger charge is -2.37. The van der Waals surface area contributed by atoms with Crippen molar-refractivity contribution in [2.75, 3.05) is 46.9 Å². The zero-order valence-electron chi connectivity index (χ0n) is 14.3. The van der Waals surface area contributed by atoms with Crippen LogP contribution in [0.4, 0.5) is 0 Å². The Hall–Kier alpha value is -1.10. The molecule has 0 amide bonds. The van der Waals surface area contributed by atoms with E-state index in [1.165, 1.54) is 18.4 Å². The Morgan fingerprint density at radius 1 is 1.32 bits per heavy atom. The minimum Gasteiger partial charge on any atom is -0.492 e. The summed E-state index contributed by atoms with van der Waals surface area (Å²) in [5.41, 5.74) is 7.36. The normalized spacial score (nSPS) is 21.0. The molecule has 0 radical (unpaired) electrons. The Kier molecular flexibility index (Phi) is 6.68. The van der Waals surface area contributed by atoms with Gasteiger partial charge in [-0.05, 0) is 57.1 Å². The molecule has 22 heavy (non-hydrogen) atoms. The molecule has 2 atom stereocenters. The molecule has 124 valence electrons. The van der Waals surface area contributed by atoms with Gasteiger partial charge in [0, 0.05) is 25.7 Å². The Morgan fingerprint density at radius 3 is 2.64 bits per heavy atom. The van der Waals surface area contributed by atoms with E-state index in [2.05, 4.69) is 55.1 Å². The predicted molar refractivity (Wildman–Crippen MR) is 92.3 cm³/mol. The van der Waals surface area contributed by atoms with Crippen molar-refractivity contribution in [3.63, 3.8) is 0 Å². The van der Waals surface area contributed by atoms with E-state index >= 15 is 0 Å². The minimum absolute atomic E-state index is 0.332. The molecule has 0 spiro atoms. The highest BCUT2D eigenvalue weighted by molar-refractivity contribution is 5.29. The number of nitrogens with two attached hydrogens (primary N) is 1. The van der Waals surface area contributed by atoms with E-state index in [4.69, 9.17) is 10.5 Å². The van der Waals surface area contributed by atoms with Crippen LogP contribution >= 0.6 is 0 Å². The summed E-state index contributed by atoms with van der Waals surface area (Å²) in [6.45, 7) is 6.97. The SMILES string of the molecule is CC1CCCN(C(CN)c2ccc(OCCN(C)C)cc2)C1. The molecule has 4 heteroatoms. The number of hydrogen-bond donors (Lipinski definition) is 1. The lowest BCUT2D eigenvalue weighted by atomic mass is 9.96. The van der Waals surface area contributed by atoms with Gasteiger partial charge < -0.3 is 15.4 Å². The zero-order valence-corrected chi connectivity index (χ0v) is 14.3. The Bertz CT molecular complexity index is 432. The van der Waals surface area contributed by atoms with Crippen LogP contribution in [0.25, 0.3) is 0 Å². The Labute approximate surface area is 135 Å². The molecule has 1 aliphatic heterocycles. The van der Waals surface area contributed by atoms with E-state index < -0.39 is 0 Å². The first kappa shape index (κ1) is 17.3. The Morgan fingerprint density at radius 2 is 2.05 bits per heavy atom. The maximum absolute atomic E-state index is 6.05. The van der Waals surface area contributed by atoms with Crippen molar-refractivity contribution in [2.45, 2.75) is 25.8 Å². The number of likely N-dealkylation sites (tertiary alicyclic amines) is 1.